The number of rotatable bonds is 8. The first-order valence-corrected chi connectivity index (χ1v) is 11.2. The van der Waals surface area contributed by atoms with E-state index in [1.165, 1.54) is 21.3 Å². The lowest BCUT2D eigenvalue weighted by atomic mass is 10.1. The van der Waals surface area contributed by atoms with E-state index in [0.717, 1.165) is 5.01 Å². The van der Waals surface area contributed by atoms with E-state index in [1.54, 1.807) is 30.3 Å². The summed E-state index contributed by atoms with van der Waals surface area (Å²) in [5.41, 5.74) is 1.48. The Morgan fingerprint density at radius 2 is 1.78 bits per heavy atom. The molecule has 0 unspecified atom stereocenters. The minimum Gasteiger partial charge on any atom is -0.493 e. The number of hydrogen-bond donors (Lipinski definition) is 1. The molecule has 1 aromatic heterocycles. The highest BCUT2D eigenvalue weighted by atomic mass is 16.7. The van der Waals surface area contributed by atoms with E-state index in [4.69, 9.17) is 28.2 Å². The lowest BCUT2D eigenvalue weighted by Gasteiger charge is -2.22. The summed E-state index contributed by atoms with van der Waals surface area (Å²) < 4.78 is 32.0. The van der Waals surface area contributed by atoms with Gasteiger partial charge < -0.3 is 33.5 Å². The summed E-state index contributed by atoms with van der Waals surface area (Å²) in [6, 6.07) is 8.47. The fourth-order valence-electron chi connectivity index (χ4n) is 3.86. The van der Waals surface area contributed by atoms with E-state index in [-0.39, 0.29) is 31.6 Å². The van der Waals surface area contributed by atoms with E-state index in [9.17, 15) is 9.59 Å². The van der Waals surface area contributed by atoms with Crippen molar-refractivity contribution in [1.82, 2.24) is 15.1 Å². The number of hydrazone groups is 1. The molecule has 0 bridgehead atoms. The normalized spacial score (nSPS) is 14.3. The third-order valence-corrected chi connectivity index (χ3v) is 5.65. The first-order chi connectivity index (χ1) is 18.0. The largest absolute Gasteiger partial charge is 0.493 e. The molecule has 13 nitrogen and oxygen atoms in total. The lowest BCUT2D eigenvalue weighted by molar-refractivity contribution is -0.135. The standard InChI is InChI=1S/C24H23N5O8/c1-32-18-9-14(10-19(33-2)22(18)34-3)25-20(30)11-29-21(31)7-5-15(27-29)24-26-23(28-37-24)13-4-6-16-17(8-13)36-12-35-16/h4,6,8-10H,5,7,11-12H2,1-3H3,(H,25,30). The second-order valence-corrected chi connectivity index (χ2v) is 7.95. The number of fused-ring (bicyclic) bond motifs is 1. The third-order valence-electron chi connectivity index (χ3n) is 5.65. The lowest BCUT2D eigenvalue weighted by Crippen LogP contribution is -2.38. The zero-order valence-corrected chi connectivity index (χ0v) is 20.3. The summed E-state index contributed by atoms with van der Waals surface area (Å²) in [6.07, 6.45) is 0.435. The van der Waals surface area contributed by atoms with Crippen LogP contribution in [0.25, 0.3) is 11.4 Å². The SMILES string of the molecule is COc1cc(NC(=O)CN2N=C(c3nc(-c4ccc5c(c4)OCO5)no3)CCC2=O)cc(OC)c1OC. The number of carbonyl (C=O) groups excluding carboxylic acids is 2. The van der Waals surface area contributed by atoms with Crippen LogP contribution in [0, 0.1) is 0 Å². The molecule has 37 heavy (non-hydrogen) atoms. The quantitative estimate of drug-likeness (QED) is 0.480. The van der Waals surface area contributed by atoms with Gasteiger partial charge >= 0.3 is 0 Å². The van der Waals surface area contributed by atoms with Crippen molar-refractivity contribution in [3.05, 3.63) is 36.2 Å². The summed E-state index contributed by atoms with van der Waals surface area (Å²) in [7, 11) is 4.43. The Bertz CT molecular complexity index is 1360. The summed E-state index contributed by atoms with van der Waals surface area (Å²) in [5.74, 6) is 2.09. The Morgan fingerprint density at radius 3 is 2.51 bits per heavy atom. The number of nitrogens with one attached hydrogen (secondary N) is 1. The molecule has 2 aliphatic rings. The van der Waals surface area contributed by atoms with Crippen molar-refractivity contribution in [1.29, 1.82) is 0 Å². The highest BCUT2D eigenvalue weighted by Crippen LogP contribution is 2.40. The molecule has 3 aromatic rings. The third kappa shape index (κ3) is 4.83. The molecule has 0 saturated carbocycles. The number of anilines is 1. The molecule has 2 aliphatic heterocycles. The maximum Gasteiger partial charge on any atom is 0.274 e. The van der Waals surface area contributed by atoms with Gasteiger partial charge in [0.05, 0.1) is 21.3 Å². The first-order valence-electron chi connectivity index (χ1n) is 11.2. The van der Waals surface area contributed by atoms with Crippen LogP contribution in [0.1, 0.15) is 18.7 Å². The molecule has 192 valence electrons. The van der Waals surface area contributed by atoms with Gasteiger partial charge in [0.25, 0.3) is 5.89 Å². The monoisotopic (exact) mass is 509 g/mol. The van der Waals surface area contributed by atoms with E-state index in [2.05, 4.69) is 20.6 Å². The summed E-state index contributed by atoms with van der Waals surface area (Å²) in [5, 5.41) is 12.1. The van der Waals surface area contributed by atoms with Crippen molar-refractivity contribution in [3.8, 4) is 40.1 Å². The average molecular weight is 509 g/mol. The molecule has 13 heteroatoms. The number of ether oxygens (including phenoxy) is 5. The van der Waals surface area contributed by atoms with Crippen LogP contribution in [0.2, 0.25) is 0 Å². The smallest absolute Gasteiger partial charge is 0.274 e. The van der Waals surface area contributed by atoms with Gasteiger partial charge in [0.2, 0.25) is 30.2 Å². The second-order valence-electron chi connectivity index (χ2n) is 7.95. The van der Waals surface area contributed by atoms with Crippen LogP contribution in [0.5, 0.6) is 28.7 Å². The highest BCUT2D eigenvalue weighted by molar-refractivity contribution is 6.02. The number of methoxy groups -OCH3 is 3. The van der Waals surface area contributed by atoms with E-state index in [1.807, 2.05) is 0 Å². The molecule has 2 aromatic carbocycles. The predicted molar refractivity (Wildman–Crippen MR) is 128 cm³/mol. The van der Waals surface area contributed by atoms with E-state index < -0.39 is 5.91 Å². The van der Waals surface area contributed by atoms with Gasteiger partial charge in [-0.25, -0.2) is 5.01 Å². The second kappa shape index (κ2) is 10.0. The molecule has 0 spiro atoms. The number of amides is 2. The molecule has 0 atom stereocenters. The Morgan fingerprint density at radius 1 is 1.03 bits per heavy atom. The Balaban J connectivity index is 1.30. The van der Waals surface area contributed by atoms with Crippen LogP contribution >= 0.6 is 0 Å². The molecule has 3 heterocycles. The van der Waals surface area contributed by atoms with Crippen LogP contribution in [0.3, 0.4) is 0 Å². The molecule has 0 fully saturated rings. The number of hydrogen-bond acceptors (Lipinski definition) is 11. The van der Waals surface area contributed by atoms with Gasteiger partial charge in [-0.15, -0.1) is 0 Å². The Hall–Kier alpha value is -4.81. The molecule has 0 radical (unpaired) electrons. The van der Waals surface area contributed by atoms with Crippen LogP contribution in [-0.4, -0.2) is 67.3 Å². The predicted octanol–water partition coefficient (Wildman–Crippen LogP) is 2.46. The van der Waals surface area contributed by atoms with Crippen LogP contribution in [0.15, 0.2) is 40.0 Å². The minimum atomic E-state index is -0.473. The summed E-state index contributed by atoms with van der Waals surface area (Å²) >= 11 is 0. The van der Waals surface area contributed by atoms with Gasteiger partial charge in [0.1, 0.15) is 12.3 Å². The number of nitrogens with zero attached hydrogens (tertiary/aromatic N) is 4. The zero-order chi connectivity index (χ0) is 25.9. The van der Waals surface area contributed by atoms with Crippen molar-refractivity contribution < 1.29 is 37.8 Å². The van der Waals surface area contributed by atoms with Crippen molar-refractivity contribution in [3.63, 3.8) is 0 Å². The topological polar surface area (TPSA) is 147 Å². The summed E-state index contributed by atoms with van der Waals surface area (Å²) in [6.45, 7) is -0.160. The van der Waals surface area contributed by atoms with Crippen molar-refractivity contribution in [2.24, 2.45) is 5.10 Å². The fourth-order valence-corrected chi connectivity index (χ4v) is 3.86. The maximum atomic E-state index is 12.7. The molecular formula is C24H23N5O8. The van der Waals surface area contributed by atoms with Gasteiger partial charge in [-0.1, -0.05) is 5.16 Å². The van der Waals surface area contributed by atoms with Gasteiger partial charge in [0, 0.05) is 36.2 Å². The van der Waals surface area contributed by atoms with Gasteiger partial charge in [-0.2, -0.15) is 10.1 Å². The minimum absolute atomic E-state index is 0.137. The summed E-state index contributed by atoms with van der Waals surface area (Å²) in [4.78, 5) is 29.6. The van der Waals surface area contributed by atoms with Gasteiger partial charge in [-0.05, 0) is 18.2 Å². The maximum absolute atomic E-state index is 12.7. The van der Waals surface area contributed by atoms with Crippen LogP contribution in [0.4, 0.5) is 5.69 Å². The van der Waals surface area contributed by atoms with Gasteiger partial charge in [0.15, 0.2) is 23.0 Å². The van der Waals surface area contributed by atoms with Gasteiger partial charge in [-0.3, -0.25) is 9.59 Å². The zero-order valence-electron chi connectivity index (χ0n) is 20.3. The van der Waals surface area contributed by atoms with Crippen molar-refractivity contribution >= 4 is 23.2 Å². The number of carbonyl (C=O) groups is 2. The molecular weight excluding hydrogens is 486 g/mol. The van der Waals surface area contributed by atoms with Crippen LogP contribution < -0.4 is 29.0 Å². The highest BCUT2D eigenvalue weighted by Gasteiger charge is 2.27. The molecule has 1 N–H and O–H groups in total. The molecule has 0 saturated heterocycles. The van der Waals surface area contributed by atoms with Crippen LogP contribution in [-0.2, 0) is 9.59 Å². The number of benzene rings is 2. The van der Waals surface area contributed by atoms with E-state index in [0.29, 0.717) is 58.0 Å². The number of aromatic nitrogens is 2. The molecule has 5 rings (SSSR count). The molecule has 2 amide bonds. The Labute approximate surface area is 210 Å². The average Bonchev–Trinajstić information content (AvgIpc) is 3.59. The van der Waals surface area contributed by atoms with Crippen molar-refractivity contribution in [2.75, 3.05) is 40.0 Å². The Kier molecular flexibility index (Phi) is 6.49. The van der Waals surface area contributed by atoms with Crippen molar-refractivity contribution in [2.45, 2.75) is 12.8 Å². The fraction of sp³-hybridized carbons (Fsp3) is 0.292. The van der Waals surface area contributed by atoms with E-state index >= 15 is 0 Å². The first kappa shape index (κ1) is 23.9. The molecule has 0 aliphatic carbocycles.